The number of amides is 2. The number of methoxy groups -OCH3 is 1. The molecule has 3 N–H and O–H groups in total. The van der Waals surface area contributed by atoms with Crippen LogP contribution in [-0.2, 0) is 19.1 Å². The summed E-state index contributed by atoms with van der Waals surface area (Å²) in [6.45, 7) is 3.68. The Bertz CT molecular complexity index is 960. The SMILES string of the molecule is COC[C@H](NC(=O)OCC1c2ccccc2-c2ccccc21)C(=O)N[C@@H](CC(=O)O)C(C)C. The molecule has 0 radical (unpaired) electrons. The van der Waals surface area contributed by atoms with Crippen LogP contribution in [-0.4, -0.2) is 55.5 Å². The number of hydrogen-bond donors (Lipinski definition) is 3. The highest BCUT2D eigenvalue weighted by Gasteiger charge is 2.30. The van der Waals surface area contributed by atoms with Crippen LogP contribution in [0.3, 0.4) is 0 Å². The van der Waals surface area contributed by atoms with Crippen molar-refractivity contribution in [3.8, 4) is 11.1 Å². The van der Waals surface area contributed by atoms with Crippen molar-refractivity contribution in [2.24, 2.45) is 5.92 Å². The summed E-state index contributed by atoms with van der Waals surface area (Å²) in [4.78, 5) is 36.3. The fourth-order valence-corrected chi connectivity index (χ4v) is 4.06. The van der Waals surface area contributed by atoms with Gasteiger partial charge in [-0.2, -0.15) is 0 Å². The lowest BCUT2D eigenvalue weighted by Gasteiger charge is -2.24. The van der Waals surface area contributed by atoms with Crippen LogP contribution in [0.4, 0.5) is 4.79 Å². The van der Waals surface area contributed by atoms with Crippen molar-refractivity contribution in [2.45, 2.75) is 38.3 Å². The lowest BCUT2D eigenvalue weighted by molar-refractivity contribution is -0.138. The zero-order valence-corrected chi connectivity index (χ0v) is 19.0. The number of aliphatic carboxylic acids is 1. The Labute approximate surface area is 193 Å². The van der Waals surface area contributed by atoms with E-state index in [9.17, 15) is 14.4 Å². The van der Waals surface area contributed by atoms with E-state index in [1.807, 2.05) is 50.2 Å². The molecule has 0 spiro atoms. The van der Waals surface area contributed by atoms with Crippen molar-refractivity contribution in [3.05, 3.63) is 59.7 Å². The lowest BCUT2D eigenvalue weighted by atomic mass is 9.98. The molecule has 176 valence electrons. The van der Waals surface area contributed by atoms with E-state index in [2.05, 4.69) is 22.8 Å². The van der Waals surface area contributed by atoms with E-state index in [0.29, 0.717) is 0 Å². The first kappa shape index (κ1) is 24.3. The standard InChI is InChI=1S/C25H30N2O6/c1-15(2)21(12-23(28)29)26-24(30)22(14-32-3)27-25(31)33-13-20-18-10-6-4-8-16(18)17-9-5-7-11-19(17)20/h4-11,15,20-22H,12-14H2,1-3H3,(H,26,30)(H,27,31)(H,28,29)/t21-,22-/m0/s1. The molecule has 0 bridgehead atoms. The Morgan fingerprint density at radius 2 is 1.55 bits per heavy atom. The maximum absolute atomic E-state index is 12.7. The molecule has 2 aromatic carbocycles. The van der Waals surface area contributed by atoms with Gasteiger partial charge in [-0.3, -0.25) is 9.59 Å². The van der Waals surface area contributed by atoms with Crippen molar-refractivity contribution in [1.29, 1.82) is 0 Å². The highest BCUT2D eigenvalue weighted by atomic mass is 16.5. The van der Waals surface area contributed by atoms with Crippen molar-refractivity contribution in [2.75, 3.05) is 20.3 Å². The molecule has 2 atom stereocenters. The number of nitrogens with one attached hydrogen (secondary N) is 2. The van der Waals surface area contributed by atoms with E-state index in [-0.39, 0.29) is 31.5 Å². The summed E-state index contributed by atoms with van der Waals surface area (Å²) in [6, 6.07) is 14.4. The number of fused-ring (bicyclic) bond motifs is 3. The highest BCUT2D eigenvalue weighted by Crippen LogP contribution is 2.44. The minimum absolute atomic E-state index is 0.0755. The Morgan fingerprint density at radius 1 is 0.970 bits per heavy atom. The summed E-state index contributed by atoms with van der Waals surface area (Å²) in [5.74, 6) is -1.73. The van der Waals surface area contributed by atoms with Crippen LogP contribution in [0.2, 0.25) is 0 Å². The molecule has 33 heavy (non-hydrogen) atoms. The second kappa shape index (κ2) is 11.0. The lowest BCUT2D eigenvalue weighted by Crippen LogP contribution is -2.53. The Kier molecular flexibility index (Phi) is 8.06. The number of rotatable bonds is 10. The van der Waals surface area contributed by atoms with Crippen LogP contribution in [0.5, 0.6) is 0 Å². The van der Waals surface area contributed by atoms with Crippen LogP contribution < -0.4 is 10.6 Å². The maximum Gasteiger partial charge on any atom is 0.407 e. The summed E-state index contributed by atoms with van der Waals surface area (Å²) < 4.78 is 10.6. The van der Waals surface area contributed by atoms with Crippen LogP contribution >= 0.6 is 0 Å². The number of hydrogen-bond acceptors (Lipinski definition) is 5. The van der Waals surface area contributed by atoms with Gasteiger partial charge in [-0.1, -0.05) is 62.4 Å². The van der Waals surface area contributed by atoms with Crippen molar-refractivity contribution >= 4 is 18.0 Å². The fraction of sp³-hybridized carbons (Fsp3) is 0.400. The molecule has 2 aromatic rings. The molecule has 1 aliphatic carbocycles. The predicted molar refractivity (Wildman–Crippen MR) is 123 cm³/mol. The summed E-state index contributed by atoms with van der Waals surface area (Å²) in [6.07, 6.45) is -0.956. The monoisotopic (exact) mass is 454 g/mol. The third-order valence-electron chi connectivity index (χ3n) is 5.81. The van der Waals surface area contributed by atoms with Gasteiger partial charge >= 0.3 is 12.1 Å². The van der Waals surface area contributed by atoms with Gasteiger partial charge in [0, 0.05) is 19.1 Å². The first-order valence-electron chi connectivity index (χ1n) is 10.9. The normalized spacial score (nSPS) is 14.2. The zero-order valence-electron chi connectivity index (χ0n) is 19.0. The maximum atomic E-state index is 12.7. The van der Waals surface area contributed by atoms with E-state index in [4.69, 9.17) is 14.6 Å². The molecule has 0 fully saturated rings. The molecule has 2 amide bonds. The second-order valence-electron chi connectivity index (χ2n) is 8.43. The quantitative estimate of drug-likeness (QED) is 0.508. The molecular formula is C25H30N2O6. The first-order valence-corrected chi connectivity index (χ1v) is 10.9. The molecule has 0 aromatic heterocycles. The van der Waals surface area contributed by atoms with Gasteiger partial charge in [-0.15, -0.1) is 0 Å². The molecule has 0 saturated heterocycles. The molecule has 8 heteroatoms. The number of carboxylic acids is 1. The summed E-state index contributed by atoms with van der Waals surface area (Å²) >= 11 is 0. The largest absolute Gasteiger partial charge is 0.481 e. The van der Waals surface area contributed by atoms with Crippen LogP contribution in [0.25, 0.3) is 11.1 Å². The van der Waals surface area contributed by atoms with Crippen LogP contribution in [0.1, 0.15) is 37.3 Å². The highest BCUT2D eigenvalue weighted by molar-refractivity contribution is 5.86. The molecule has 8 nitrogen and oxygen atoms in total. The molecule has 0 aliphatic heterocycles. The number of carboxylic acid groups (broad SMARTS) is 1. The Morgan fingerprint density at radius 3 is 2.06 bits per heavy atom. The van der Waals surface area contributed by atoms with Gasteiger partial charge in [0.2, 0.25) is 5.91 Å². The number of carbonyl (C=O) groups excluding carboxylic acids is 2. The fourth-order valence-electron chi connectivity index (χ4n) is 4.06. The molecular weight excluding hydrogens is 424 g/mol. The number of alkyl carbamates (subject to hydrolysis) is 1. The van der Waals surface area contributed by atoms with Crippen molar-refractivity contribution in [1.82, 2.24) is 10.6 Å². The van der Waals surface area contributed by atoms with E-state index in [1.54, 1.807) is 0 Å². The van der Waals surface area contributed by atoms with Gasteiger partial charge in [0.05, 0.1) is 13.0 Å². The van der Waals surface area contributed by atoms with Gasteiger partial charge in [0.15, 0.2) is 0 Å². The average Bonchev–Trinajstić information content (AvgIpc) is 3.10. The van der Waals surface area contributed by atoms with Crippen LogP contribution in [0, 0.1) is 5.92 Å². The van der Waals surface area contributed by atoms with Crippen molar-refractivity contribution in [3.63, 3.8) is 0 Å². The number of benzene rings is 2. The van der Waals surface area contributed by atoms with Gasteiger partial charge in [-0.05, 0) is 28.2 Å². The number of carbonyl (C=O) groups is 3. The molecule has 0 saturated carbocycles. The minimum Gasteiger partial charge on any atom is -0.481 e. The third kappa shape index (κ3) is 5.90. The summed E-state index contributed by atoms with van der Waals surface area (Å²) in [5.41, 5.74) is 4.42. The molecule has 3 rings (SSSR count). The third-order valence-corrected chi connectivity index (χ3v) is 5.81. The van der Waals surface area contributed by atoms with Gasteiger partial charge in [0.1, 0.15) is 12.6 Å². The molecule has 0 unspecified atom stereocenters. The van der Waals surface area contributed by atoms with Crippen molar-refractivity contribution < 1.29 is 29.0 Å². The van der Waals surface area contributed by atoms with Gasteiger partial charge in [-0.25, -0.2) is 4.79 Å². The van der Waals surface area contributed by atoms with E-state index in [0.717, 1.165) is 22.3 Å². The van der Waals surface area contributed by atoms with E-state index >= 15 is 0 Å². The summed E-state index contributed by atoms with van der Waals surface area (Å²) in [7, 11) is 1.41. The summed E-state index contributed by atoms with van der Waals surface area (Å²) in [5, 5.41) is 14.3. The van der Waals surface area contributed by atoms with Gasteiger partial charge in [0.25, 0.3) is 0 Å². The van der Waals surface area contributed by atoms with Gasteiger partial charge < -0.3 is 25.2 Å². The first-order chi connectivity index (χ1) is 15.8. The Hall–Kier alpha value is -3.39. The molecule has 1 aliphatic rings. The Balaban J connectivity index is 1.64. The van der Waals surface area contributed by atoms with Crippen LogP contribution in [0.15, 0.2) is 48.5 Å². The topological polar surface area (TPSA) is 114 Å². The number of ether oxygens (including phenoxy) is 2. The average molecular weight is 455 g/mol. The predicted octanol–water partition coefficient (Wildman–Crippen LogP) is 3.16. The minimum atomic E-state index is -1.01. The van der Waals surface area contributed by atoms with E-state index < -0.39 is 30.1 Å². The smallest absolute Gasteiger partial charge is 0.407 e. The van der Waals surface area contributed by atoms with E-state index in [1.165, 1.54) is 7.11 Å². The zero-order chi connectivity index (χ0) is 24.0. The molecule has 0 heterocycles. The second-order valence-corrected chi connectivity index (χ2v) is 8.43.